The molecular formula is C20H21N. The molecule has 1 nitrogen and oxygen atoms in total. The number of nitrogens with one attached hydrogen (secondary N) is 1. The molecular weight excluding hydrogens is 254 g/mol. The number of benzene rings is 2. The van der Waals surface area contributed by atoms with Crippen LogP contribution in [0.1, 0.15) is 25.0 Å². The van der Waals surface area contributed by atoms with E-state index >= 15 is 0 Å². The van der Waals surface area contributed by atoms with Gasteiger partial charge in [-0.25, -0.2) is 0 Å². The Balaban J connectivity index is 1.90. The van der Waals surface area contributed by atoms with E-state index < -0.39 is 0 Å². The van der Waals surface area contributed by atoms with Gasteiger partial charge in [0.1, 0.15) is 0 Å². The molecule has 0 bridgehead atoms. The van der Waals surface area contributed by atoms with Crippen molar-refractivity contribution in [3.05, 3.63) is 77.5 Å². The monoisotopic (exact) mass is 275 g/mol. The second-order valence-corrected chi connectivity index (χ2v) is 5.77. The van der Waals surface area contributed by atoms with Crippen LogP contribution in [-0.4, -0.2) is 6.04 Å². The average molecular weight is 275 g/mol. The maximum Gasteiger partial charge on any atom is 0.0416 e. The third-order valence-electron chi connectivity index (χ3n) is 3.98. The lowest BCUT2D eigenvalue weighted by Crippen LogP contribution is -2.25. The first-order valence-electron chi connectivity index (χ1n) is 7.46. The number of rotatable bonds is 2. The minimum atomic E-state index is 0.417. The van der Waals surface area contributed by atoms with Gasteiger partial charge in [-0.1, -0.05) is 66.2 Å². The van der Waals surface area contributed by atoms with Crippen LogP contribution < -0.4 is 5.32 Å². The Morgan fingerprint density at radius 2 is 1.29 bits per heavy atom. The van der Waals surface area contributed by atoms with Gasteiger partial charge in [0.2, 0.25) is 0 Å². The summed E-state index contributed by atoms with van der Waals surface area (Å²) < 4.78 is 0. The second kappa shape index (κ2) is 5.61. The predicted molar refractivity (Wildman–Crippen MR) is 90.9 cm³/mol. The van der Waals surface area contributed by atoms with E-state index in [0.29, 0.717) is 6.04 Å². The maximum atomic E-state index is 3.47. The van der Waals surface area contributed by atoms with E-state index in [1.54, 1.807) is 0 Å². The summed E-state index contributed by atoms with van der Waals surface area (Å²) in [5.41, 5.74) is 7.61. The Kier molecular flexibility index (Phi) is 3.66. The zero-order chi connectivity index (χ0) is 14.8. The molecule has 2 aromatic carbocycles. The van der Waals surface area contributed by atoms with Gasteiger partial charge < -0.3 is 5.32 Å². The summed E-state index contributed by atoms with van der Waals surface area (Å²) in [5, 5.41) is 3.47. The van der Waals surface area contributed by atoms with E-state index in [1.165, 1.54) is 33.5 Å². The lowest BCUT2D eigenvalue weighted by Gasteiger charge is -2.20. The van der Waals surface area contributed by atoms with Crippen molar-refractivity contribution in [2.45, 2.75) is 26.8 Å². The number of allylic oxidation sites excluding steroid dienone is 3. The summed E-state index contributed by atoms with van der Waals surface area (Å²) in [6.45, 7) is 6.42. The van der Waals surface area contributed by atoms with E-state index in [1.807, 2.05) is 0 Å². The van der Waals surface area contributed by atoms with Crippen LogP contribution in [0.2, 0.25) is 0 Å². The fraction of sp³-hybridized carbons (Fsp3) is 0.200. The summed E-state index contributed by atoms with van der Waals surface area (Å²) in [7, 11) is 0. The maximum absolute atomic E-state index is 3.47. The predicted octanol–water partition coefficient (Wildman–Crippen LogP) is 4.94. The van der Waals surface area contributed by atoms with Crippen molar-refractivity contribution in [3.8, 4) is 11.1 Å². The number of hydrogen-bond donors (Lipinski definition) is 1. The molecule has 1 aliphatic heterocycles. The molecule has 0 radical (unpaired) electrons. The van der Waals surface area contributed by atoms with Gasteiger partial charge in [0.15, 0.2) is 0 Å². The Morgan fingerprint density at radius 1 is 0.762 bits per heavy atom. The van der Waals surface area contributed by atoms with Crippen molar-refractivity contribution >= 4 is 5.57 Å². The highest BCUT2D eigenvalue weighted by atomic mass is 14.9. The van der Waals surface area contributed by atoms with E-state index in [2.05, 4.69) is 86.8 Å². The molecule has 0 aliphatic carbocycles. The summed E-state index contributed by atoms with van der Waals surface area (Å²) in [6, 6.07) is 17.9. The summed E-state index contributed by atoms with van der Waals surface area (Å²) in [6.07, 6.45) is 4.42. The van der Waals surface area contributed by atoms with Crippen LogP contribution in [0.5, 0.6) is 0 Å². The molecule has 0 saturated carbocycles. The van der Waals surface area contributed by atoms with Crippen molar-refractivity contribution < 1.29 is 0 Å². The Morgan fingerprint density at radius 3 is 1.86 bits per heavy atom. The molecule has 21 heavy (non-hydrogen) atoms. The van der Waals surface area contributed by atoms with Crippen LogP contribution in [0.15, 0.2) is 66.4 Å². The van der Waals surface area contributed by atoms with E-state index in [-0.39, 0.29) is 0 Å². The highest BCUT2D eigenvalue weighted by Crippen LogP contribution is 2.26. The van der Waals surface area contributed by atoms with E-state index in [9.17, 15) is 0 Å². The molecule has 0 amide bonds. The Labute approximate surface area is 127 Å². The van der Waals surface area contributed by atoms with Crippen molar-refractivity contribution in [1.29, 1.82) is 0 Å². The fourth-order valence-corrected chi connectivity index (χ4v) is 2.73. The zero-order valence-corrected chi connectivity index (χ0v) is 12.9. The smallest absolute Gasteiger partial charge is 0.0416 e. The molecule has 1 aliphatic rings. The zero-order valence-electron chi connectivity index (χ0n) is 12.9. The quantitative estimate of drug-likeness (QED) is 0.818. The van der Waals surface area contributed by atoms with Crippen LogP contribution in [-0.2, 0) is 0 Å². The number of aryl methyl sites for hydroxylation is 1. The topological polar surface area (TPSA) is 12.0 Å². The highest BCUT2D eigenvalue weighted by Gasteiger charge is 2.10. The number of dihydropyridines is 1. The van der Waals surface area contributed by atoms with Gasteiger partial charge in [0.05, 0.1) is 0 Å². The second-order valence-electron chi connectivity index (χ2n) is 5.77. The van der Waals surface area contributed by atoms with Crippen LogP contribution in [0.4, 0.5) is 0 Å². The Bertz CT molecular complexity index is 688. The molecule has 1 heteroatoms. The van der Waals surface area contributed by atoms with Crippen molar-refractivity contribution in [2.24, 2.45) is 0 Å². The average Bonchev–Trinajstić information content (AvgIpc) is 2.48. The molecule has 0 aromatic heterocycles. The third-order valence-corrected chi connectivity index (χ3v) is 3.98. The summed E-state index contributed by atoms with van der Waals surface area (Å²) in [4.78, 5) is 0. The molecule has 0 saturated heterocycles. The molecule has 1 unspecified atom stereocenters. The van der Waals surface area contributed by atoms with Crippen molar-refractivity contribution in [2.75, 3.05) is 0 Å². The molecule has 3 rings (SSSR count). The van der Waals surface area contributed by atoms with Crippen LogP contribution >= 0.6 is 0 Å². The molecule has 0 spiro atoms. The lowest BCUT2D eigenvalue weighted by molar-refractivity contribution is 0.722. The van der Waals surface area contributed by atoms with Crippen LogP contribution in [0, 0.1) is 6.92 Å². The molecule has 1 heterocycles. The van der Waals surface area contributed by atoms with Gasteiger partial charge in [-0.2, -0.15) is 0 Å². The van der Waals surface area contributed by atoms with Crippen molar-refractivity contribution in [1.82, 2.24) is 5.32 Å². The first kappa shape index (κ1) is 13.7. The van der Waals surface area contributed by atoms with Gasteiger partial charge >= 0.3 is 0 Å². The summed E-state index contributed by atoms with van der Waals surface area (Å²) in [5.74, 6) is 0. The Hall–Kier alpha value is -2.28. The van der Waals surface area contributed by atoms with Gasteiger partial charge in [0.25, 0.3) is 0 Å². The van der Waals surface area contributed by atoms with E-state index in [4.69, 9.17) is 0 Å². The van der Waals surface area contributed by atoms with Gasteiger partial charge in [-0.05, 0) is 37.5 Å². The standard InChI is InChI=1S/C20H21N/c1-14-4-7-17(8-5-14)18-9-11-19(12-10-18)20-13-6-15(2)21-16(20)3/h4-13,15,21H,1-3H3. The van der Waals surface area contributed by atoms with Gasteiger partial charge in [0, 0.05) is 17.3 Å². The molecule has 1 N–H and O–H groups in total. The SMILES string of the molecule is CC1=C(c2ccc(-c3ccc(C)cc3)cc2)C=CC(C)N1. The number of hydrogen-bond acceptors (Lipinski definition) is 1. The van der Waals surface area contributed by atoms with Crippen LogP contribution in [0.25, 0.3) is 16.7 Å². The van der Waals surface area contributed by atoms with E-state index in [0.717, 1.165) is 0 Å². The minimum absolute atomic E-state index is 0.417. The summed E-state index contributed by atoms with van der Waals surface area (Å²) >= 11 is 0. The fourth-order valence-electron chi connectivity index (χ4n) is 2.73. The lowest BCUT2D eigenvalue weighted by atomic mass is 9.96. The van der Waals surface area contributed by atoms with Crippen LogP contribution in [0.3, 0.4) is 0 Å². The van der Waals surface area contributed by atoms with Gasteiger partial charge in [-0.15, -0.1) is 0 Å². The molecule has 1 atom stereocenters. The highest BCUT2D eigenvalue weighted by molar-refractivity contribution is 5.78. The molecule has 106 valence electrons. The first-order chi connectivity index (χ1) is 10.1. The first-order valence-corrected chi connectivity index (χ1v) is 7.46. The largest absolute Gasteiger partial charge is 0.382 e. The minimum Gasteiger partial charge on any atom is -0.382 e. The third kappa shape index (κ3) is 2.92. The molecule has 2 aromatic rings. The molecule has 0 fully saturated rings. The van der Waals surface area contributed by atoms with Gasteiger partial charge in [-0.3, -0.25) is 0 Å². The van der Waals surface area contributed by atoms with Crippen molar-refractivity contribution in [3.63, 3.8) is 0 Å². The normalized spacial score (nSPS) is 17.8.